The summed E-state index contributed by atoms with van der Waals surface area (Å²) >= 11 is 0. The lowest BCUT2D eigenvalue weighted by Crippen LogP contribution is -2.42. The third kappa shape index (κ3) is 5.96. The smallest absolute Gasteiger partial charge is 0.435 e. The average Bonchev–Trinajstić information content (AvgIpc) is 2.58. The van der Waals surface area contributed by atoms with Crippen LogP contribution in [-0.2, 0) is 30.3 Å². The molecule has 3 atom stereocenters. The van der Waals surface area contributed by atoms with Gasteiger partial charge in [0, 0.05) is 6.61 Å². The van der Waals surface area contributed by atoms with Gasteiger partial charge in [-0.15, -0.1) is 0 Å². The minimum Gasteiger partial charge on any atom is -0.435 e. The number of carbonyl (C=O) groups excluding carboxylic acids is 1. The zero-order chi connectivity index (χ0) is 17.2. The van der Waals surface area contributed by atoms with E-state index in [0.29, 0.717) is 13.2 Å². The standard InChI is InChI=1S/C18H24O6/c1-3-21-17-11-10-15(24-18(19)22-4-2)16(23-17)13-20-12-14-8-6-5-7-9-14/h5-11,15-17H,3-4,12-13H2,1-2H3/t15-,16-,17+/m1/s1. The molecule has 2 rings (SSSR count). The van der Waals surface area contributed by atoms with E-state index in [-0.39, 0.29) is 13.2 Å². The first-order valence-electron chi connectivity index (χ1n) is 8.13. The quantitative estimate of drug-likeness (QED) is 0.537. The van der Waals surface area contributed by atoms with Gasteiger partial charge in [-0.2, -0.15) is 0 Å². The first-order valence-corrected chi connectivity index (χ1v) is 8.13. The number of hydrogen-bond donors (Lipinski definition) is 0. The Morgan fingerprint density at radius 3 is 2.62 bits per heavy atom. The van der Waals surface area contributed by atoms with Crippen molar-refractivity contribution in [2.24, 2.45) is 0 Å². The fourth-order valence-corrected chi connectivity index (χ4v) is 2.26. The number of benzene rings is 1. The van der Waals surface area contributed by atoms with Crippen molar-refractivity contribution >= 4 is 6.16 Å². The van der Waals surface area contributed by atoms with E-state index in [2.05, 4.69) is 0 Å². The third-order valence-electron chi connectivity index (χ3n) is 3.35. The van der Waals surface area contributed by atoms with Gasteiger partial charge in [0.25, 0.3) is 0 Å². The largest absolute Gasteiger partial charge is 0.508 e. The van der Waals surface area contributed by atoms with Gasteiger partial charge in [-0.1, -0.05) is 30.3 Å². The molecule has 0 aliphatic carbocycles. The molecule has 6 nitrogen and oxygen atoms in total. The van der Waals surface area contributed by atoms with Crippen LogP contribution in [0.1, 0.15) is 19.4 Å². The molecule has 0 fully saturated rings. The summed E-state index contributed by atoms with van der Waals surface area (Å²) in [6.45, 7) is 5.12. The molecule has 0 saturated carbocycles. The Hall–Kier alpha value is -1.89. The summed E-state index contributed by atoms with van der Waals surface area (Å²) in [6.07, 6.45) is 1.25. The van der Waals surface area contributed by atoms with E-state index in [9.17, 15) is 4.79 Å². The Kier molecular flexibility index (Phi) is 7.74. The number of carbonyl (C=O) groups is 1. The van der Waals surface area contributed by atoms with Crippen LogP contribution in [0.4, 0.5) is 4.79 Å². The predicted molar refractivity (Wildman–Crippen MR) is 87.4 cm³/mol. The molecule has 0 radical (unpaired) electrons. The van der Waals surface area contributed by atoms with E-state index >= 15 is 0 Å². The molecule has 1 aromatic carbocycles. The molecule has 0 saturated heterocycles. The molecular weight excluding hydrogens is 312 g/mol. The molecule has 6 heteroatoms. The monoisotopic (exact) mass is 336 g/mol. The molecule has 1 aromatic rings. The van der Waals surface area contributed by atoms with Gasteiger partial charge in [0.2, 0.25) is 0 Å². The molecule has 0 spiro atoms. The highest BCUT2D eigenvalue weighted by Crippen LogP contribution is 2.18. The predicted octanol–water partition coefficient (Wildman–Crippen LogP) is 3.06. The topological polar surface area (TPSA) is 63.2 Å². The lowest BCUT2D eigenvalue weighted by atomic mass is 10.1. The third-order valence-corrected chi connectivity index (χ3v) is 3.35. The molecule has 0 unspecified atom stereocenters. The maximum Gasteiger partial charge on any atom is 0.508 e. The van der Waals surface area contributed by atoms with Crippen LogP contribution in [0.25, 0.3) is 0 Å². The summed E-state index contributed by atoms with van der Waals surface area (Å²) in [5, 5.41) is 0. The van der Waals surface area contributed by atoms with E-state index in [1.807, 2.05) is 37.3 Å². The lowest BCUT2D eigenvalue weighted by molar-refractivity contribution is -0.186. The van der Waals surface area contributed by atoms with Crippen molar-refractivity contribution in [3.63, 3.8) is 0 Å². The molecular formula is C18H24O6. The second-order valence-electron chi connectivity index (χ2n) is 5.15. The molecule has 0 amide bonds. The number of hydrogen-bond acceptors (Lipinski definition) is 6. The van der Waals surface area contributed by atoms with Crippen molar-refractivity contribution in [1.82, 2.24) is 0 Å². The van der Waals surface area contributed by atoms with Crippen LogP contribution in [0.2, 0.25) is 0 Å². The van der Waals surface area contributed by atoms with E-state index < -0.39 is 24.7 Å². The van der Waals surface area contributed by atoms with Crippen molar-refractivity contribution in [1.29, 1.82) is 0 Å². The molecule has 0 N–H and O–H groups in total. The first kappa shape index (κ1) is 18.4. The molecule has 1 aliphatic rings. The van der Waals surface area contributed by atoms with Gasteiger partial charge < -0.3 is 23.7 Å². The van der Waals surface area contributed by atoms with Crippen molar-refractivity contribution in [3.05, 3.63) is 48.0 Å². The van der Waals surface area contributed by atoms with Gasteiger partial charge in [-0.3, -0.25) is 0 Å². The Labute approximate surface area is 142 Å². The zero-order valence-corrected chi connectivity index (χ0v) is 14.1. The van der Waals surface area contributed by atoms with Gasteiger partial charge in [0.15, 0.2) is 12.4 Å². The maximum atomic E-state index is 11.6. The summed E-state index contributed by atoms with van der Waals surface area (Å²) in [6, 6.07) is 9.83. The fraction of sp³-hybridized carbons (Fsp3) is 0.500. The van der Waals surface area contributed by atoms with Crippen molar-refractivity contribution in [2.75, 3.05) is 19.8 Å². The Bertz CT molecular complexity index is 516. The van der Waals surface area contributed by atoms with Gasteiger partial charge in [0.05, 0.1) is 19.8 Å². The highest BCUT2D eigenvalue weighted by Gasteiger charge is 2.31. The second kappa shape index (κ2) is 10.1. The SMILES string of the molecule is CCOC(=O)O[C@@H]1C=C[C@@H](OCC)O[C@@H]1COCc1ccccc1. The lowest BCUT2D eigenvalue weighted by Gasteiger charge is -2.31. The second-order valence-corrected chi connectivity index (χ2v) is 5.15. The molecule has 1 aliphatic heterocycles. The van der Waals surface area contributed by atoms with Crippen LogP contribution in [0.5, 0.6) is 0 Å². The summed E-state index contributed by atoms with van der Waals surface area (Å²) in [4.78, 5) is 11.6. The highest BCUT2D eigenvalue weighted by molar-refractivity contribution is 5.60. The molecule has 1 heterocycles. The van der Waals surface area contributed by atoms with Gasteiger partial charge >= 0.3 is 6.16 Å². The van der Waals surface area contributed by atoms with Crippen molar-refractivity contribution in [2.45, 2.75) is 39.0 Å². The van der Waals surface area contributed by atoms with E-state index in [0.717, 1.165) is 5.56 Å². The van der Waals surface area contributed by atoms with Crippen molar-refractivity contribution < 1.29 is 28.5 Å². The van der Waals surface area contributed by atoms with Gasteiger partial charge in [-0.25, -0.2) is 4.79 Å². The highest BCUT2D eigenvalue weighted by atomic mass is 16.7. The van der Waals surface area contributed by atoms with Crippen LogP contribution in [-0.4, -0.2) is 44.5 Å². The van der Waals surface area contributed by atoms with Crippen LogP contribution in [0.3, 0.4) is 0 Å². The minimum atomic E-state index is -0.723. The summed E-state index contributed by atoms with van der Waals surface area (Å²) < 4.78 is 27.0. The number of ether oxygens (including phenoxy) is 5. The first-order chi connectivity index (χ1) is 11.7. The van der Waals surface area contributed by atoms with Crippen LogP contribution >= 0.6 is 0 Å². The fourth-order valence-electron chi connectivity index (χ4n) is 2.26. The molecule has 0 bridgehead atoms. The normalized spacial score (nSPS) is 23.0. The minimum absolute atomic E-state index is 0.257. The van der Waals surface area contributed by atoms with Crippen LogP contribution < -0.4 is 0 Å². The van der Waals surface area contributed by atoms with Crippen LogP contribution in [0.15, 0.2) is 42.5 Å². The zero-order valence-electron chi connectivity index (χ0n) is 14.1. The van der Waals surface area contributed by atoms with Gasteiger partial charge in [0.1, 0.15) is 6.10 Å². The summed E-state index contributed by atoms with van der Waals surface area (Å²) in [5.74, 6) is 0. The van der Waals surface area contributed by atoms with Crippen LogP contribution in [0, 0.1) is 0 Å². The van der Waals surface area contributed by atoms with E-state index in [4.69, 9.17) is 23.7 Å². The maximum absolute atomic E-state index is 11.6. The summed E-state index contributed by atoms with van der Waals surface area (Å²) in [7, 11) is 0. The van der Waals surface area contributed by atoms with E-state index in [1.165, 1.54) is 0 Å². The van der Waals surface area contributed by atoms with Gasteiger partial charge in [-0.05, 0) is 31.6 Å². The van der Waals surface area contributed by atoms with E-state index in [1.54, 1.807) is 19.1 Å². The molecule has 24 heavy (non-hydrogen) atoms. The average molecular weight is 336 g/mol. The van der Waals surface area contributed by atoms with Crippen molar-refractivity contribution in [3.8, 4) is 0 Å². The number of rotatable bonds is 8. The summed E-state index contributed by atoms with van der Waals surface area (Å²) in [5.41, 5.74) is 1.06. The Morgan fingerprint density at radius 2 is 1.92 bits per heavy atom. The molecule has 132 valence electrons. The Balaban J connectivity index is 1.90. The molecule has 0 aromatic heterocycles. The Morgan fingerprint density at radius 1 is 1.12 bits per heavy atom.